The Morgan fingerprint density at radius 1 is 1.53 bits per heavy atom. The highest BCUT2D eigenvalue weighted by atomic mass is 32.2. The Labute approximate surface area is 99.8 Å². The molecule has 0 spiro atoms. The van der Waals surface area contributed by atoms with Crippen LogP contribution >= 0.6 is 0 Å². The van der Waals surface area contributed by atoms with Crippen molar-refractivity contribution in [3.8, 4) is 6.07 Å². The maximum absolute atomic E-state index is 11.4. The molecule has 1 aromatic rings. The molecule has 0 N–H and O–H groups in total. The van der Waals surface area contributed by atoms with Gasteiger partial charge in [-0.1, -0.05) is 0 Å². The highest BCUT2D eigenvalue weighted by Gasteiger charge is 2.31. The van der Waals surface area contributed by atoms with Crippen molar-refractivity contribution in [1.82, 2.24) is 9.97 Å². The molecule has 1 aromatic heterocycles. The molecule has 1 saturated heterocycles. The molecular weight excluding hydrogens is 240 g/mol. The van der Waals surface area contributed by atoms with Gasteiger partial charge >= 0.3 is 0 Å². The number of aromatic nitrogens is 2. The molecule has 7 heteroatoms. The summed E-state index contributed by atoms with van der Waals surface area (Å²) in [5.41, 5.74) is 0.280. The van der Waals surface area contributed by atoms with Crippen molar-refractivity contribution in [2.24, 2.45) is 0 Å². The van der Waals surface area contributed by atoms with Crippen LogP contribution < -0.4 is 4.90 Å². The molecule has 0 amide bonds. The third kappa shape index (κ3) is 2.53. The predicted octanol–water partition coefficient (Wildman–Crippen LogP) is -0.0284. The number of rotatable bonds is 2. The fourth-order valence-electron chi connectivity index (χ4n) is 1.87. The number of hydrogen-bond donors (Lipinski definition) is 0. The molecule has 6 nitrogen and oxygen atoms in total. The first kappa shape index (κ1) is 11.8. The van der Waals surface area contributed by atoms with Gasteiger partial charge in [0.25, 0.3) is 0 Å². The average Bonchev–Trinajstić information content (AvgIpc) is 2.69. The van der Waals surface area contributed by atoms with Crippen LogP contribution in [0.25, 0.3) is 0 Å². The van der Waals surface area contributed by atoms with E-state index in [1.54, 1.807) is 18.0 Å². The number of anilines is 1. The smallest absolute Gasteiger partial charge is 0.152 e. The molecular formula is C10H12N4O2S. The van der Waals surface area contributed by atoms with E-state index in [1.165, 1.54) is 6.33 Å². The summed E-state index contributed by atoms with van der Waals surface area (Å²) in [6.45, 7) is 0. The molecule has 0 aromatic carbocycles. The lowest BCUT2D eigenvalue weighted by atomic mass is 10.2. The molecule has 0 radical (unpaired) electrons. The van der Waals surface area contributed by atoms with Crippen LogP contribution in [0.3, 0.4) is 0 Å². The van der Waals surface area contributed by atoms with E-state index in [9.17, 15) is 8.42 Å². The molecule has 2 rings (SSSR count). The standard InChI is InChI=1S/C10H12N4O2S/c1-14(9-2-3-17(15,16)6-9)10-4-8(5-11)12-7-13-10/h4,7,9H,2-3,6H2,1H3. The van der Waals surface area contributed by atoms with Gasteiger partial charge in [0.05, 0.1) is 11.5 Å². The van der Waals surface area contributed by atoms with Gasteiger partial charge < -0.3 is 4.90 Å². The van der Waals surface area contributed by atoms with Gasteiger partial charge in [0, 0.05) is 19.2 Å². The SMILES string of the molecule is CN(c1cc(C#N)ncn1)C1CCS(=O)(=O)C1. The summed E-state index contributed by atoms with van der Waals surface area (Å²) in [6, 6.07) is 3.43. The Morgan fingerprint density at radius 2 is 2.29 bits per heavy atom. The van der Waals surface area contributed by atoms with Crippen LogP contribution in [0.1, 0.15) is 12.1 Å². The summed E-state index contributed by atoms with van der Waals surface area (Å²) in [5, 5.41) is 8.74. The summed E-state index contributed by atoms with van der Waals surface area (Å²) >= 11 is 0. The fourth-order valence-corrected chi connectivity index (χ4v) is 3.64. The highest BCUT2D eigenvalue weighted by molar-refractivity contribution is 7.91. The summed E-state index contributed by atoms with van der Waals surface area (Å²) in [7, 11) is -1.13. The minimum Gasteiger partial charge on any atom is -0.356 e. The van der Waals surface area contributed by atoms with Crippen LogP contribution in [-0.4, -0.2) is 43.0 Å². The number of nitriles is 1. The lowest BCUT2D eigenvalue weighted by molar-refractivity contribution is 0.600. The molecule has 1 aliphatic rings. The van der Waals surface area contributed by atoms with Crippen molar-refractivity contribution in [2.75, 3.05) is 23.5 Å². The maximum Gasteiger partial charge on any atom is 0.152 e. The van der Waals surface area contributed by atoms with E-state index in [0.29, 0.717) is 12.2 Å². The van der Waals surface area contributed by atoms with Crippen molar-refractivity contribution in [3.05, 3.63) is 18.1 Å². The van der Waals surface area contributed by atoms with E-state index in [4.69, 9.17) is 5.26 Å². The Bertz CT molecular complexity index is 564. The first-order chi connectivity index (χ1) is 8.02. The second-order valence-corrected chi connectivity index (χ2v) is 6.27. The normalized spacial score (nSPS) is 22.0. The van der Waals surface area contributed by atoms with Crippen LogP contribution in [-0.2, 0) is 9.84 Å². The zero-order valence-corrected chi connectivity index (χ0v) is 10.2. The Hall–Kier alpha value is -1.68. The fraction of sp³-hybridized carbons (Fsp3) is 0.500. The second-order valence-electron chi connectivity index (χ2n) is 4.04. The average molecular weight is 252 g/mol. The van der Waals surface area contributed by atoms with E-state index < -0.39 is 9.84 Å². The molecule has 1 unspecified atom stereocenters. The summed E-state index contributed by atoms with van der Waals surface area (Å²) in [6.07, 6.45) is 1.92. The van der Waals surface area contributed by atoms with Gasteiger partial charge in [0.2, 0.25) is 0 Å². The van der Waals surface area contributed by atoms with E-state index >= 15 is 0 Å². The van der Waals surface area contributed by atoms with Crippen LogP contribution in [0.2, 0.25) is 0 Å². The van der Waals surface area contributed by atoms with Crippen molar-refractivity contribution < 1.29 is 8.42 Å². The summed E-state index contributed by atoms with van der Waals surface area (Å²) in [4.78, 5) is 9.63. The molecule has 1 fully saturated rings. The van der Waals surface area contributed by atoms with Crippen LogP contribution in [0.5, 0.6) is 0 Å². The zero-order chi connectivity index (χ0) is 12.5. The lowest BCUT2D eigenvalue weighted by Crippen LogP contribution is -2.33. The molecule has 0 saturated carbocycles. The van der Waals surface area contributed by atoms with Crippen LogP contribution in [0, 0.1) is 11.3 Å². The molecule has 0 aliphatic carbocycles. The third-order valence-electron chi connectivity index (χ3n) is 2.88. The van der Waals surface area contributed by atoms with E-state index in [-0.39, 0.29) is 23.2 Å². The number of hydrogen-bond acceptors (Lipinski definition) is 6. The molecule has 1 aliphatic heterocycles. The van der Waals surface area contributed by atoms with Gasteiger partial charge in [-0.05, 0) is 6.42 Å². The van der Waals surface area contributed by atoms with Gasteiger partial charge in [-0.3, -0.25) is 0 Å². The van der Waals surface area contributed by atoms with Gasteiger partial charge in [0.15, 0.2) is 9.84 Å². The highest BCUT2D eigenvalue weighted by Crippen LogP contribution is 2.21. The zero-order valence-electron chi connectivity index (χ0n) is 9.37. The molecule has 17 heavy (non-hydrogen) atoms. The van der Waals surface area contributed by atoms with Crippen molar-refractivity contribution in [1.29, 1.82) is 5.26 Å². The first-order valence-electron chi connectivity index (χ1n) is 5.17. The summed E-state index contributed by atoms with van der Waals surface area (Å²) < 4.78 is 22.8. The minimum atomic E-state index is -2.91. The maximum atomic E-state index is 11.4. The van der Waals surface area contributed by atoms with Crippen molar-refractivity contribution in [3.63, 3.8) is 0 Å². The van der Waals surface area contributed by atoms with Crippen molar-refractivity contribution in [2.45, 2.75) is 12.5 Å². The topological polar surface area (TPSA) is 86.9 Å². The largest absolute Gasteiger partial charge is 0.356 e. The Morgan fingerprint density at radius 3 is 2.88 bits per heavy atom. The van der Waals surface area contributed by atoms with Crippen LogP contribution in [0.4, 0.5) is 5.82 Å². The molecule has 1 atom stereocenters. The van der Waals surface area contributed by atoms with E-state index in [0.717, 1.165) is 0 Å². The van der Waals surface area contributed by atoms with Gasteiger partial charge in [0.1, 0.15) is 23.9 Å². The first-order valence-corrected chi connectivity index (χ1v) is 6.99. The summed E-state index contributed by atoms with van der Waals surface area (Å²) in [5.74, 6) is 0.951. The predicted molar refractivity (Wildman–Crippen MR) is 62.2 cm³/mol. The molecule has 90 valence electrons. The number of sulfone groups is 1. The number of nitrogens with zero attached hydrogens (tertiary/aromatic N) is 4. The lowest BCUT2D eigenvalue weighted by Gasteiger charge is -2.24. The second kappa shape index (κ2) is 4.30. The Kier molecular flexibility index (Phi) is 2.98. The van der Waals surface area contributed by atoms with Gasteiger partial charge in [-0.15, -0.1) is 0 Å². The van der Waals surface area contributed by atoms with E-state index in [1.807, 2.05) is 6.07 Å². The van der Waals surface area contributed by atoms with Crippen molar-refractivity contribution >= 4 is 15.7 Å². The van der Waals surface area contributed by atoms with Crippen LogP contribution in [0.15, 0.2) is 12.4 Å². The van der Waals surface area contributed by atoms with Gasteiger partial charge in [-0.25, -0.2) is 18.4 Å². The molecule has 0 bridgehead atoms. The van der Waals surface area contributed by atoms with Gasteiger partial charge in [-0.2, -0.15) is 5.26 Å². The monoisotopic (exact) mass is 252 g/mol. The Balaban J connectivity index is 2.20. The molecule has 2 heterocycles. The van der Waals surface area contributed by atoms with E-state index in [2.05, 4.69) is 9.97 Å². The quantitative estimate of drug-likeness (QED) is 0.734. The third-order valence-corrected chi connectivity index (χ3v) is 4.64. The minimum absolute atomic E-state index is 0.0681.